The first-order valence-corrected chi connectivity index (χ1v) is 8.23. The molecule has 0 bridgehead atoms. The minimum atomic E-state index is 0.384. The third-order valence-electron chi connectivity index (χ3n) is 4.69. The van der Waals surface area contributed by atoms with E-state index >= 15 is 0 Å². The van der Waals surface area contributed by atoms with Crippen LogP contribution in [0.15, 0.2) is 24.3 Å². The Kier molecular flexibility index (Phi) is 5.88. The lowest BCUT2D eigenvalue weighted by atomic mass is 9.98. The van der Waals surface area contributed by atoms with Crippen molar-refractivity contribution >= 4 is 11.6 Å². The molecule has 0 aromatic heterocycles. The molecule has 0 radical (unpaired) electrons. The molecule has 1 heterocycles. The van der Waals surface area contributed by atoms with E-state index in [2.05, 4.69) is 43.1 Å². The average Bonchev–Trinajstić information content (AvgIpc) is 2.72. The van der Waals surface area contributed by atoms with Gasteiger partial charge in [0.05, 0.1) is 0 Å². The molecule has 3 unspecified atom stereocenters. The van der Waals surface area contributed by atoms with Gasteiger partial charge in [0, 0.05) is 30.2 Å². The van der Waals surface area contributed by atoms with Gasteiger partial charge in [-0.25, -0.2) is 0 Å². The van der Waals surface area contributed by atoms with Crippen molar-refractivity contribution in [1.29, 1.82) is 0 Å². The number of nitrogens with zero attached hydrogens (tertiary/aromatic N) is 1. The summed E-state index contributed by atoms with van der Waals surface area (Å²) in [5.74, 6) is 0.717. The van der Waals surface area contributed by atoms with Crippen LogP contribution in [0.2, 0.25) is 5.02 Å². The van der Waals surface area contributed by atoms with Crippen LogP contribution in [0, 0.1) is 5.92 Å². The molecule has 1 aromatic rings. The molecule has 0 amide bonds. The molecule has 1 saturated heterocycles. The fraction of sp³-hybridized carbons (Fsp3) is 0.647. The number of hydrogen-bond donors (Lipinski definition) is 1. The van der Waals surface area contributed by atoms with E-state index in [4.69, 9.17) is 11.6 Å². The Morgan fingerprint density at radius 3 is 2.80 bits per heavy atom. The number of rotatable bonds is 4. The Morgan fingerprint density at radius 2 is 2.10 bits per heavy atom. The maximum Gasteiger partial charge on any atom is 0.0453 e. The van der Waals surface area contributed by atoms with Crippen LogP contribution in [0.25, 0.3) is 0 Å². The second-order valence-electron chi connectivity index (χ2n) is 5.99. The van der Waals surface area contributed by atoms with E-state index in [0.717, 1.165) is 24.7 Å². The van der Waals surface area contributed by atoms with Gasteiger partial charge >= 0.3 is 0 Å². The third-order valence-corrected chi connectivity index (χ3v) is 5.04. The van der Waals surface area contributed by atoms with E-state index in [-0.39, 0.29) is 0 Å². The summed E-state index contributed by atoms with van der Waals surface area (Å²) in [7, 11) is 0. The maximum atomic E-state index is 6.36. The van der Waals surface area contributed by atoms with Crippen molar-refractivity contribution < 1.29 is 0 Å². The van der Waals surface area contributed by atoms with Gasteiger partial charge in [-0.05, 0) is 37.4 Å². The van der Waals surface area contributed by atoms with Crippen molar-refractivity contribution in [2.75, 3.05) is 19.6 Å². The number of nitrogens with one attached hydrogen (secondary N) is 1. The van der Waals surface area contributed by atoms with Gasteiger partial charge in [-0.3, -0.25) is 4.90 Å². The Bertz CT molecular complexity index is 421. The van der Waals surface area contributed by atoms with Crippen LogP contribution in [-0.4, -0.2) is 30.6 Å². The highest BCUT2D eigenvalue weighted by Gasteiger charge is 2.25. The van der Waals surface area contributed by atoms with Crippen molar-refractivity contribution in [2.45, 2.75) is 45.7 Å². The first-order chi connectivity index (χ1) is 9.63. The molecule has 1 fully saturated rings. The van der Waals surface area contributed by atoms with Gasteiger partial charge in [0.2, 0.25) is 0 Å². The van der Waals surface area contributed by atoms with Crippen LogP contribution in [0.4, 0.5) is 0 Å². The van der Waals surface area contributed by atoms with Gasteiger partial charge in [0.15, 0.2) is 0 Å². The lowest BCUT2D eigenvalue weighted by Crippen LogP contribution is -2.42. The summed E-state index contributed by atoms with van der Waals surface area (Å²) >= 11 is 6.36. The van der Waals surface area contributed by atoms with Crippen molar-refractivity contribution in [2.24, 2.45) is 5.92 Å². The number of hydrogen-bond acceptors (Lipinski definition) is 2. The summed E-state index contributed by atoms with van der Waals surface area (Å²) in [6, 6.07) is 9.21. The standard InChI is InChI=1S/C17H27ClN2/c1-4-13(2)17-12-20(11-7-10-19-17)14(3)15-8-5-6-9-16(15)18/h5-6,8-9,13-14,17,19H,4,7,10-12H2,1-3H3. The molecule has 112 valence electrons. The van der Waals surface area contributed by atoms with E-state index in [0.29, 0.717) is 18.0 Å². The Labute approximate surface area is 128 Å². The maximum absolute atomic E-state index is 6.36. The van der Waals surface area contributed by atoms with Crippen molar-refractivity contribution in [3.8, 4) is 0 Å². The highest BCUT2D eigenvalue weighted by Crippen LogP contribution is 2.28. The van der Waals surface area contributed by atoms with E-state index in [1.54, 1.807) is 0 Å². The molecule has 3 atom stereocenters. The summed E-state index contributed by atoms with van der Waals surface area (Å²) in [4.78, 5) is 2.58. The van der Waals surface area contributed by atoms with E-state index < -0.39 is 0 Å². The summed E-state index contributed by atoms with van der Waals surface area (Å²) in [6.07, 6.45) is 2.44. The molecule has 2 rings (SSSR count). The van der Waals surface area contributed by atoms with Crippen LogP contribution in [-0.2, 0) is 0 Å². The molecular formula is C17H27ClN2. The summed E-state index contributed by atoms with van der Waals surface area (Å²) in [5, 5.41) is 4.59. The Hall–Kier alpha value is -0.570. The van der Waals surface area contributed by atoms with Gasteiger partial charge in [-0.15, -0.1) is 0 Å². The second-order valence-corrected chi connectivity index (χ2v) is 6.40. The lowest BCUT2D eigenvalue weighted by Gasteiger charge is -2.32. The lowest BCUT2D eigenvalue weighted by molar-refractivity contribution is 0.188. The molecule has 1 N–H and O–H groups in total. The zero-order valence-electron chi connectivity index (χ0n) is 12.9. The molecule has 0 spiro atoms. The van der Waals surface area contributed by atoms with Gasteiger partial charge < -0.3 is 5.32 Å². The van der Waals surface area contributed by atoms with Crippen LogP contribution in [0.5, 0.6) is 0 Å². The van der Waals surface area contributed by atoms with Crippen molar-refractivity contribution in [3.63, 3.8) is 0 Å². The largest absolute Gasteiger partial charge is 0.312 e. The number of benzene rings is 1. The molecule has 1 aliphatic rings. The zero-order chi connectivity index (χ0) is 14.5. The highest BCUT2D eigenvalue weighted by molar-refractivity contribution is 6.31. The quantitative estimate of drug-likeness (QED) is 0.899. The average molecular weight is 295 g/mol. The van der Waals surface area contributed by atoms with Crippen molar-refractivity contribution in [3.05, 3.63) is 34.9 Å². The second kappa shape index (κ2) is 7.44. The van der Waals surface area contributed by atoms with E-state index in [1.165, 1.54) is 18.4 Å². The Balaban J connectivity index is 2.12. The molecule has 3 heteroatoms. The van der Waals surface area contributed by atoms with Gasteiger partial charge in [0.25, 0.3) is 0 Å². The predicted molar refractivity (Wildman–Crippen MR) is 87.3 cm³/mol. The van der Waals surface area contributed by atoms with Crippen LogP contribution in [0.1, 0.15) is 45.2 Å². The summed E-state index contributed by atoms with van der Waals surface area (Å²) in [5.41, 5.74) is 1.25. The molecule has 2 nitrogen and oxygen atoms in total. The Morgan fingerprint density at radius 1 is 1.35 bits per heavy atom. The SMILES string of the molecule is CCC(C)C1CN(C(C)c2ccccc2Cl)CCCN1. The smallest absolute Gasteiger partial charge is 0.0453 e. The molecule has 0 saturated carbocycles. The molecular weight excluding hydrogens is 268 g/mol. The third kappa shape index (κ3) is 3.75. The monoisotopic (exact) mass is 294 g/mol. The van der Waals surface area contributed by atoms with Crippen LogP contribution >= 0.6 is 11.6 Å². The normalized spacial score (nSPS) is 24.1. The van der Waals surface area contributed by atoms with E-state index in [9.17, 15) is 0 Å². The fourth-order valence-corrected chi connectivity index (χ4v) is 3.30. The molecule has 1 aromatic carbocycles. The first kappa shape index (κ1) is 15.8. The molecule has 1 aliphatic heterocycles. The first-order valence-electron chi connectivity index (χ1n) is 7.85. The zero-order valence-corrected chi connectivity index (χ0v) is 13.7. The molecule has 0 aliphatic carbocycles. The van der Waals surface area contributed by atoms with Gasteiger partial charge in [-0.2, -0.15) is 0 Å². The minimum absolute atomic E-state index is 0.384. The van der Waals surface area contributed by atoms with Gasteiger partial charge in [0.1, 0.15) is 0 Å². The predicted octanol–water partition coefficient (Wildman–Crippen LogP) is 4.11. The number of halogens is 1. The van der Waals surface area contributed by atoms with Gasteiger partial charge in [-0.1, -0.05) is 50.1 Å². The topological polar surface area (TPSA) is 15.3 Å². The minimum Gasteiger partial charge on any atom is -0.312 e. The molecule has 20 heavy (non-hydrogen) atoms. The van der Waals surface area contributed by atoms with E-state index in [1.807, 2.05) is 12.1 Å². The van der Waals surface area contributed by atoms with Crippen LogP contribution < -0.4 is 5.32 Å². The van der Waals surface area contributed by atoms with Crippen LogP contribution in [0.3, 0.4) is 0 Å². The fourth-order valence-electron chi connectivity index (χ4n) is 3.01. The highest BCUT2D eigenvalue weighted by atomic mass is 35.5. The summed E-state index contributed by atoms with van der Waals surface area (Å²) < 4.78 is 0. The summed E-state index contributed by atoms with van der Waals surface area (Å²) in [6.45, 7) is 10.3. The van der Waals surface area contributed by atoms with Crippen molar-refractivity contribution in [1.82, 2.24) is 10.2 Å².